The second-order valence-electron chi connectivity index (χ2n) is 7.73. The Balaban J connectivity index is 2.00. The van der Waals surface area contributed by atoms with Gasteiger partial charge < -0.3 is 5.32 Å². The molecule has 7 heteroatoms. The van der Waals surface area contributed by atoms with Crippen LogP contribution in [0, 0.1) is 13.8 Å². The highest BCUT2D eigenvalue weighted by Gasteiger charge is 2.40. The van der Waals surface area contributed by atoms with Crippen molar-refractivity contribution in [2.75, 3.05) is 16.2 Å². The SMILES string of the molecule is CCN1c2ccc(Cl)cc2C(c2ccccc2)=C(C(=O)Nc2cc(C)cc(C)c2)S1(=O)=O. The van der Waals surface area contributed by atoms with Gasteiger partial charge in [0.15, 0.2) is 4.91 Å². The van der Waals surface area contributed by atoms with E-state index in [4.69, 9.17) is 11.6 Å². The summed E-state index contributed by atoms with van der Waals surface area (Å²) in [6.07, 6.45) is 0. The number of halogens is 1. The predicted octanol–water partition coefficient (Wildman–Crippen LogP) is 5.52. The summed E-state index contributed by atoms with van der Waals surface area (Å²) in [4.78, 5) is 13.2. The van der Waals surface area contributed by atoms with Crippen LogP contribution >= 0.6 is 11.6 Å². The third-order valence-corrected chi connectivity index (χ3v) is 7.48. The molecule has 0 saturated heterocycles. The van der Waals surface area contributed by atoms with Crippen molar-refractivity contribution in [1.82, 2.24) is 0 Å². The summed E-state index contributed by atoms with van der Waals surface area (Å²) in [5.74, 6) is -0.682. The minimum atomic E-state index is -4.12. The summed E-state index contributed by atoms with van der Waals surface area (Å²) in [7, 11) is -4.12. The van der Waals surface area contributed by atoms with E-state index in [1.807, 2.05) is 50.2 Å². The fourth-order valence-corrected chi connectivity index (χ4v) is 6.04. The molecular formula is C25H23ClN2O3S. The van der Waals surface area contributed by atoms with E-state index in [-0.39, 0.29) is 11.4 Å². The molecule has 4 rings (SSSR count). The highest BCUT2D eigenvalue weighted by molar-refractivity contribution is 7.97. The van der Waals surface area contributed by atoms with Gasteiger partial charge in [-0.1, -0.05) is 48.0 Å². The summed E-state index contributed by atoms with van der Waals surface area (Å²) in [6, 6.07) is 19.7. The van der Waals surface area contributed by atoms with Gasteiger partial charge in [-0.2, -0.15) is 0 Å². The first-order valence-corrected chi connectivity index (χ1v) is 12.1. The zero-order valence-electron chi connectivity index (χ0n) is 18.0. The molecule has 0 aliphatic carbocycles. The second kappa shape index (κ2) is 8.45. The lowest BCUT2D eigenvalue weighted by Gasteiger charge is -2.33. The number of fused-ring (bicyclic) bond motifs is 1. The lowest BCUT2D eigenvalue weighted by Crippen LogP contribution is -2.39. The van der Waals surface area contributed by atoms with Gasteiger partial charge in [-0.3, -0.25) is 9.10 Å². The minimum absolute atomic E-state index is 0.180. The number of carbonyl (C=O) groups excluding carboxylic acids is 1. The monoisotopic (exact) mass is 466 g/mol. The molecule has 0 saturated carbocycles. The quantitative estimate of drug-likeness (QED) is 0.550. The molecule has 32 heavy (non-hydrogen) atoms. The molecule has 1 heterocycles. The third-order valence-electron chi connectivity index (χ3n) is 5.31. The van der Waals surface area contributed by atoms with E-state index in [2.05, 4.69) is 5.32 Å². The number of hydrogen-bond acceptors (Lipinski definition) is 3. The summed E-state index contributed by atoms with van der Waals surface area (Å²) in [5.41, 5.74) is 4.55. The maximum absolute atomic E-state index is 13.7. The van der Waals surface area contributed by atoms with Crippen molar-refractivity contribution in [3.63, 3.8) is 0 Å². The number of carbonyl (C=O) groups is 1. The first-order valence-electron chi connectivity index (χ1n) is 10.2. The van der Waals surface area contributed by atoms with Crippen LogP contribution in [-0.4, -0.2) is 20.9 Å². The van der Waals surface area contributed by atoms with Crippen molar-refractivity contribution >= 4 is 44.5 Å². The maximum Gasteiger partial charge on any atom is 0.270 e. The molecule has 0 spiro atoms. The van der Waals surface area contributed by atoms with E-state index in [0.717, 1.165) is 11.1 Å². The number of nitrogens with one attached hydrogen (secondary N) is 1. The van der Waals surface area contributed by atoms with Crippen molar-refractivity contribution in [3.8, 4) is 0 Å². The highest BCUT2D eigenvalue weighted by atomic mass is 35.5. The van der Waals surface area contributed by atoms with Gasteiger partial charge in [0, 0.05) is 28.4 Å². The van der Waals surface area contributed by atoms with Gasteiger partial charge in [-0.05, 0) is 67.8 Å². The number of nitrogens with zero attached hydrogens (tertiary/aromatic N) is 1. The Morgan fingerprint density at radius 3 is 2.25 bits per heavy atom. The van der Waals surface area contributed by atoms with E-state index < -0.39 is 15.9 Å². The van der Waals surface area contributed by atoms with Gasteiger partial charge in [0.1, 0.15) is 0 Å². The summed E-state index contributed by atoms with van der Waals surface area (Å²) in [5, 5.41) is 3.26. The molecule has 0 fully saturated rings. The van der Waals surface area contributed by atoms with Crippen molar-refractivity contribution in [1.29, 1.82) is 0 Å². The fourth-order valence-electron chi connectivity index (χ4n) is 4.11. The summed E-state index contributed by atoms with van der Waals surface area (Å²) < 4.78 is 28.7. The van der Waals surface area contributed by atoms with Crippen LogP contribution < -0.4 is 9.62 Å². The van der Waals surface area contributed by atoms with Crippen LogP contribution in [0.4, 0.5) is 11.4 Å². The molecule has 0 unspecified atom stereocenters. The topological polar surface area (TPSA) is 66.5 Å². The number of anilines is 2. The first kappa shape index (κ1) is 22.1. The number of aryl methyl sites for hydroxylation is 2. The largest absolute Gasteiger partial charge is 0.321 e. The van der Waals surface area contributed by atoms with Crippen molar-refractivity contribution in [2.24, 2.45) is 0 Å². The Morgan fingerprint density at radius 2 is 1.62 bits per heavy atom. The van der Waals surface area contributed by atoms with E-state index in [0.29, 0.717) is 33.1 Å². The van der Waals surface area contributed by atoms with E-state index in [1.165, 1.54) is 4.31 Å². The minimum Gasteiger partial charge on any atom is -0.321 e. The first-order chi connectivity index (χ1) is 15.2. The van der Waals surface area contributed by atoms with E-state index >= 15 is 0 Å². The zero-order chi connectivity index (χ0) is 23.0. The Hall–Kier alpha value is -3.09. The predicted molar refractivity (Wildman–Crippen MR) is 130 cm³/mol. The molecule has 1 N–H and O–H groups in total. The van der Waals surface area contributed by atoms with Gasteiger partial charge in [-0.15, -0.1) is 0 Å². The van der Waals surface area contributed by atoms with Crippen molar-refractivity contribution < 1.29 is 13.2 Å². The van der Waals surface area contributed by atoms with Crippen LogP contribution in [-0.2, 0) is 14.8 Å². The smallest absolute Gasteiger partial charge is 0.270 e. The molecular weight excluding hydrogens is 444 g/mol. The molecule has 0 atom stereocenters. The fraction of sp³-hybridized carbons (Fsp3) is 0.160. The van der Waals surface area contributed by atoms with E-state index in [1.54, 1.807) is 37.3 Å². The number of sulfonamides is 1. The maximum atomic E-state index is 13.7. The van der Waals surface area contributed by atoms with Crippen LogP contribution in [0.3, 0.4) is 0 Å². The summed E-state index contributed by atoms with van der Waals surface area (Å²) in [6.45, 7) is 5.76. The molecule has 0 bridgehead atoms. The number of hydrogen-bond donors (Lipinski definition) is 1. The highest BCUT2D eigenvalue weighted by Crippen LogP contribution is 2.44. The van der Waals surface area contributed by atoms with Crippen LogP contribution in [0.15, 0.2) is 71.6 Å². The molecule has 5 nitrogen and oxygen atoms in total. The van der Waals surface area contributed by atoms with Crippen LogP contribution in [0.25, 0.3) is 5.57 Å². The van der Waals surface area contributed by atoms with Gasteiger partial charge in [0.2, 0.25) is 0 Å². The molecule has 1 aliphatic rings. The Labute approximate surface area is 193 Å². The summed E-state index contributed by atoms with van der Waals surface area (Å²) >= 11 is 6.29. The molecule has 3 aromatic carbocycles. The zero-order valence-corrected chi connectivity index (χ0v) is 19.6. The number of benzene rings is 3. The number of rotatable bonds is 4. The van der Waals surface area contributed by atoms with E-state index in [9.17, 15) is 13.2 Å². The third kappa shape index (κ3) is 3.92. The Bertz CT molecular complexity index is 1330. The van der Waals surface area contributed by atoms with Crippen LogP contribution in [0.1, 0.15) is 29.2 Å². The van der Waals surface area contributed by atoms with Crippen LogP contribution in [0.2, 0.25) is 5.02 Å². The lowest BCUT2D eigenvalue weighted by molar-refractivity contribution is -0.112. The second-order valence-corrected chi connectivity index (χ2v) is 9.97. The molecule has 3 aromatic rings. The van der Waals surface area contributed by atoms with Gasteiger partial charge in [-0.25, -0.2) is 8.42 Å². The van der Waals surface area contributed by atoms with Crippen molar-refractivity contribution in [3.05, 3.63) is 98.9 Å². The Morgan fingerprint density at radius 1 is 0.969 bits per heavy atom. The van der Waals surface area contributed by atoms with Gasteiger partial charge in [0.05, 0.1) is 5.69 Å². The average molecular weight is 467 g/mol. The van der Waals surface area contributed by atoms with Gasteiger partial charge >= 0.3 is 0 Å². The molecule has 164 valence electrons. The normalized spacial score (nSPS) is 14.8. The van der Waals surface area contributed by atoms with Crippen molar-refractivity contribution in [2.45, 2.75) is 20.8 Å². The average Bonchev–Trinajstić information content (AvgIpc) is 2.72. The van der Waals surface area contributed by atoms with Gasteiger partial charge in [0.25, 0.3) is 15.9 Å². The molecule has 1 amide bonds. The number of amides is 1. The lowest BCUT2D eigenvalue weighted by atomic mass is 9.95. The van der Waals surface area contributed by atoms with Crippen LogP contribution in [0.5, 0.6) is 0 Å². The Kier molecular flexibility index (Phi) is 5.84. The molecule has 1 aliphatic heterocycles. The molecule has 0 aromatic heterocycles. The molecule has 0 radical (unpaired) electrons. The standard InChI is InChI=1S/C25H23ClN2O3S/c1-4-28-22-11-10-19(26)15-21(22)23(18-8-6-5-7-9-18)24(32(28,30)31)25(29)27-20-13-16(2)12-17(3)14-20/h5-15H,4H2,1-3H3,(H,27,29).